The van der Waals surface area contributed by atoms with Crippen LogP contribution in [0.3, 0.4) is 0 Å². The summed E-state index contributed by atoms with van der Waals surface area (Å²) in [5.74, 6) is 0.585. The van der Waals surface area contributed by atoms with Crippen LogP contribution in [0.15, 0.2) is 18.3 Å². The van der Waals surface area contributed by atoms with Gasteiger partial charge in [0.25, 0.3) is 0 Å². The maximum Gasteiger partial charge on any atom is 0.416 e. The molecule has 0 saturated carbocycles. The quantitative estimate of drug-likeness (QED) is 0.732. The highest BCUT2D eigenvalue weighted by Crippen LogP contribution is 2.31. The zero-order valence-corrected chi connectivity index (χ0v) is 15.7. The molecule has 6 nitrogen and oxygen atoms in total. The number of carbonyl (C=O) groups excluding carboxylic acids is 2. The first-order chi connectivity index (χ1) is 11.9. The van der Waals surface area contributed by atoms with E-state index in [9.17, 15) is 9.59 Å². The Kier molecular flexibility index (Phi) is 6.39. The van der Waals surface area contributed by atoms with Crippen molar-refractivity contribution in [1.29, 1.82) is 0 Å². The molecule has 1 unspecified atom stereocenters. The Hall–Kier alpha value is -2.11. The predicted octanol–water partition coefficient (Wildman–Crippen LogP) is 3.92. The zero-order valence-electron chi connectivity index (χ0n) is 15.7. The summed E-state index contributed by atoms with van der Waals surface area (Å²) in [4.78, 5) is 31.5. The number of anilines is 1. The summed E-state index contributed by atoms with van der Waals surface area (Å²) in [7, 11) is 0. The van der Waals surface area contributed by atoms with Crippen LogP contribution >= 0.6 is 0 Å². The molecular weight excluding hydrogens is 318 g/mol. The fourth-order valence-electron chi connectivity index (χ4n) is 2.96. The summed E-state index contributed by atoms with van der Waals surface area (Å²) < 4.78 is 5.51. The molecule has 1 aromatic rings. The molecule has 1 aliphatic heterocycles. The van der Waals surface area contributed by atoms with E-state index < -0.39 is 5.60 Å². The first-order valence-corrected chi connectivity index (χ1v) is 9.03. The number of rotatable bonds is 6. The molecule has 2 amide bonds. The fraction of sp³-hybridized carbons (Fsp3) is 0.632. The molecule has 1 aliphatic rings. The normalized spacial score (nSPS) is 17.4. The van der Waals surface area contributed by atoms with Gasteiger partial charge in [0.1, 0.15) is 11.4 Å². The first-order valence-electron chi connectivity index (χ1n) is 9.03. The number of unbranched alkanes of at least 4 members (excludes halogenated alkanes) is 1. The smallest absolute Gasteiger partial charge is 0.416 e. The Labute approximate surface area is 150 Å². The molecule has 0 aliphatic carbocycles. The van der Waals surface area contributed by atoms with Crippen molar-refractivity contribution in [3.05, 3.63) is 23.9 Å². The Morgan fingerprint density at radius 2 is 2.20 bits per heavy atom. The largest absolute Gasteiger partial charge is 0.443 e. The third kappa shape index (κ3) is 5.18. The Morgan fingerprint density at radius 1 is 1.44 bits per heavy atom. The lowest BCUT2D eigenvalue weighted by atomic mass is 10.1. The number of likely N-dealkylation sites (tertiary alicyclic amines) is 1. The second-order valence-corrected chi connectivity index (χ2v) is 7.44. The van der Waals surface area contributed by atoms with Gasteiger partial charge in [-0.2, -0.15) is 0 Å². The second-order valence-electron chi connectivity index (χ2n) is 7.44. The summed E-state index contributed by atoms with van der Waals surface area (Å²) in [6.45, 7) is 9.00. The van der Waals surface area contributed by atoms with E-state index in [0.29, 0.717) is 12.4 Å². The lowest BCUT2D eigenvalue weighted by Crippen LogP contribution is -2.38. The van der Waals surface area contributed by atoms with Gasteiger partial charge in [0.05, 0.1) is 6.04 Å². The van der Waals surface area contributed by atoms with Crippen LogP contribution in [0.25, 0.3) is 0 Å². The fourth-order valence-corrected chi connectivity index (χ4v) is 2.96. The maximum atomic E-state index is 12.5. The topological polar surface area (TPSA) is 62.7 Å². The third-order valence-corrected chi connectivity index (χ3v) is 4.21. The van der Waals surface area contributed by atoms with Gasteiger partial charge in [-0.05, 0) is 51.7 Å². The predicted molar refractivity (Wildman–Crippen MR) is 97.5 cm³/mol. The van der Waals surface area contributed by atoms with E-state index in [1.54, 1.807) is 16.0 Å². The highest BCUT2D eigenvalue weighted by atomic mass is 16.6. The SMILES string of the molecule is CCCCN(C(=O)OC(C)(C)C)c1ccc(C2CCCN2C=O)cn1. The van der Waals surface area contributed by atoms with Gasteiger partial charge in [-0.3, -0.25) is 9.69 Å². The van der Waals surface area contributed by atoms with Crippen LogP contribution < -0.4 is 4.90 Å². The molecule has 25 heavy (non-hydrogen) atoms. The summed E-state index contributed by atoms with van der Waals surface area (Å²) in [5, 5.41) is 0. The number of pyridine rings is 1. The molecule has 138 valence electrons. The average Bonchev–Trinajstić information content (AvgIpc) is 3.03. The number of aromatic nitrogens is 1. The summed E-state index contributed by atoms with van der Waals surface area (Å²) >= 11 is 0. The minimum Gasteiger partial charge on any atom is -0.443 e. The van der Waals surface area contributed by atoms with Gasteiger partial charge < -0.3 is 9.64 Å². The van der Waals surface area contributed by atoms with Gasteiger partial charge in [-0.25, -0.2) is 9.78 Å². The van der Waals surface area contributed by atoms with Gasteiger partial charge in [0.15, 0.2) is 0 Å². The van der Waals surface area contributed by atoms with Crippen LogP contribution in [0, 0.1) is 0 Å². The van der Waals surface area contributed by atoms with Crippen LogP contribution in [-0.2, 0) is 9.53 Å². The third-order valence-electron chi connectivity index (χ3n) is 4.21. The molecule has 0 radical (unpaired) electrons. The first kappa shape index (κ1) is 19.2. The Bertz CT molecular complexity index is 581. The van der Waals surface area contributed by atoms with Gasteiger partial charge in [0, 0.05) is 19.3 Å². The van der Waals surface area contributed by atoms with Crippen molar-refractivity contribution in [3.63, 3.8) is 0 Å². The molecule has 1 atom stereocenters. The van der Waals surface area contributed by atoms with Crippen molar-refractivity contribution in [2.45, 2.75) is 65.0 Å². The van der Waals surface area contributed by atoms with Crippen LogP contribution in [0.2, 0.25) is 0 Å². The molecule has 0 aromatic carbocycles. The summed E-state index contributed by atoms with van der Waals surface area (Å²) in [6.07, 6.45) is 6.11. The number of ether oxygens (including phenoxy) is 1. The van der Waals surface area contributed by atoms with Crippen LogP contribution in [0.4, 0.5) is 10.6 Å². The van der Waals surface area contributed by atoms with Gasteiger partial charge in [-0.15, -0.1) is 0 Å². The molecule has 0 N–H and O–H groups in total. The number of hydrogen-bond donors (Lipinski definition) is 0. The maximum absolute atomic E-state index is 12.5. The molecule has 2 heterocycles. The minimum atomic E-state index is -0.546. The van der Waals surface area contributed by atoms with Crippen molar-refractivity contribution < 1.29 is 14.3 Å². The van der Waals surface area contributed by atoms with Gasteiger partial charge >= 0.3 is 6.09 Å². The number of amides is 2. The summed E-state index contributed by atoms with van der Waals surface area (Å²) in [5.41, 5.74) is 0.462. The highest BCUT2D eigenvalue weighted by Gasteiger charge is 2.27. The Balaban J connectivity index is 2.17. The van der Waals surface area contributed by atoms with Crippen molar-refractivity contribution >= 4 is 18.3 Å². The molecule has 0 spiro atoms. The monoisotopic (exact) mass is 347 g/mol. The van der Waals surface area contributed by atoms with E-state index in [1.807, 2.05) is 32.9 Å². The van der Waals surface area contributed by atoms with Crippen molar-refractivity contribution in [1.82, 2.24) is 9.88 Å². The van der Waals surface area contributed by atoms with E-state index in [2.05, 4.69) is 11.9 Å². The number of hydrogen-bond acceptors (Lipinski definition) is 4. The van der Waals surface area contributed by atoms with Crippen molar-refractivity contribution in [2.75, 3.05) is 18.0 Å². The average molecular weight is 347 g/mol. The van der Waals surface area contributed by atoms with E-state index in [0.717, 1.165) is 44.2 Å². The molecule has 6 heteroatoms. The van der Waals surface area contributed by atoms with E-state index >= 15 is 0 Å². The van der Waals surface area contributed by atoms with Crippen LogP contribution in [-0.4, -0.2) is 41.1 Å². The number of carbonyl (C=O) groups is 2. The molecule has 1 fully saturated rings. The van der Waals surface area contributed by atoms with Crippen molar-refractivity contribution in [2.24, 2.45) is 0 Å². The summed E-state index contributed by atoms with van der Waals surface area (Å²) in [6, 6.07) is 3.89. The lowest BCUT2D eigenvalue weighted by molar-refractivity contribution is -0.118. The van der Waals surface area contributed by atoms with Crippen molar-refractivity contribution in [3.8, 4) is 0 Å². The standard InChI is InChI=1S/C19H29N3O3/c1-5-6-12-22(18(24)25-19(2,3)4)17-10-9-15(13-20-17)16-8-7-11-21(16)14-23/h9-10,13-14,16H,5-8,11-12H2,1-4H3. The van der Waals surface area contributed by atoms with Crippen LogP contribution in [0.1, 0.15) is 65.0 Å². The highest BCUT2D eigenvalue weighted by molar-refractivity contribution is 5.86. The van der Waals surface area contributed by atoms with E-state index in [1.165, 1.54) is 0 Å². The van der Waals surface area contributed by atoms with E-state index in [-0.39, 0.29) is 12.1 Å². The Morgan fingerprint density at radius 3 is 2.76 bits per heavy atom. The van der Waals surface area contributed by atoms with E-state index in [4.69, 9.17) is 4.74 Å². The molecule has 1 aromatic heterocycles. The zero-order chi connectivity index (χ0) is 18.4. The second kappa shape index (κ2) is 8.32. The van der Waals surface area contributed by atoms with Gasteiger partial charge in [-0.1, -0.05) is 19.4 Å². The van der Waals surface area contributed by atoms with Crippen LogP contribution in [0.5, 0.6) is 0 Å². The molecule has 0 bridgehead atoms. The molecule has 2 rings (SSSR count). The van der Waals surface area contributed by atoms with Gasteiger partial charge in [0.2, 0.25) is 6.41 Å². The minimum absolute atomic E-state index is 0.0877. The lowest BCUT2D eigenvalue weighted by Gasteiger charge is -2.27. The number of nitrogens with zero attached hydrogens (tertiary/aromatic N) is 3. The molecular formula is C19H29N3O3. The molecule has 1 saturated heterocycles.